The van der Waals surface area contributed by atoms with Crippen molar-refractivity contribution in [1.82, 2.24) is 14.8 Å². The molecule has 9 heteroatoms. The number of esters is 1. The first-order valence-electron chi connectivity index (χ1n) is 10.7. The van der Waals surface area contributed by atoms with Crippen molar-refractivity contribution >= 4 is 40.0 Å². The summed E-state index contributed by atoms with van der Waals surface area (Å²) in [4.78, 5) is 26.5. The number of nitrogens with one attached hydrogen (secondary N) is 1. The topological polar surface area (TPSA) is 86.1 Å². The number of fused-ring (bicyclic) bond motifs is 1. The van der Waals surface area contributed by atoms with Crippen molar-refractivity contribution in [2.45, 2.75) is 44.7 Å². The second kappa shape index (κ2) is 9.87. The molecular formula is C23H26N4O3S2. The predicted molar refractivity (Wildman–Crippen MR) is 127 cm³/mol. The Morgan fingerprint density at radius 1 is 1.25 bits per heavy atom. The van der Waals surface area contributed by atoms with Gasteiger partial charge < -0.3 is 14.6 Å². The van der Waals surface area contributed by atoms with Crippen LogP contribution in [0, 0.1) is 6.92 Å². The second-order valence-corrected chi connectivity index (χ2v) is 9.75. The molecule has 0 fully saturated rings. The molecule has 0 saturated carbocycles. The summed E-state index contributed by atoms with van der Waals surface area (Å²) in [5.74, 6) is 0.391. The molecule has 2 aromatic heterocycles. The number of hydrogen-bond acceptors (Lipinski definition) is 7. The molecule has 0 spiro atoms. The summed E-state index contributed by atoms with van der Waals surface area (Å²) in [6.07, 6.45) is 3.95. The van der Waals surface area contributed by atoms with E-state index >= 15 is 0 Å². The molecule has 2 heterocycles. The number of benzene rings is 1. The molecule has 7 nitrogen and oxygen atoms in total. The molecule has 1 aliphatic rings. The minimum Gasteiger partial charge on any atom is -0.462 e. The Morgan fingerprint density at radius 2 is 2.06 bits per heavy atom. The lowest BCUT2D eigenvalue weighted by Gasteiger charge is -2.12. The van der Waals surface area contributed by atoms with E-state index in [9.17, 15) is 9.59 Å². The minimum absolute atomic E-state index is 0.171. The van der Waals surface area contributed by atoms with E-state index in [1.165, 1.54) is 28.0 Å². The molecule has 0 radical (unpaired) electrons. The Labute approximate surface area is 195 Å². The van der Waals surface area contributed by atoms with E-state index in [1.807, 2.05) is 36.7 Å². The first-order valence-corrected chi connectivity index (χ1v) is 12.5. The highest BCUT2D eigenvalue weighted by Gasteiger charge is 2.27. The highest BCUT2D eigenvalue weighted by Crippen LogP contribution is 2.38. The first kappa shape index (κ1) is 22.5. The number of carbonyl (C=O) groups is 2. The van der Waals surface area contributed by atoms with Crippen LogP contribution in [0.4, 0.5) is 5.00 Å². The number of hydrogen-bond donors (Lipinski definition) is 1. The van der Waals surface area contributed by atoms with Gasteiger partial charge in [-0.25, -0.2) is 4.79 Å². The van der Waals surface area contributed by atoms with Crippen molar-refractivity contribution in [2.24, 2.45) is 7.05 Å². The molecule has 1 aromatic carbocycles. The van der Waals surface area contributed by atoms with E-state index in [4.69, 9.17) is 4.74 Å². The molecule has 0 unspecified atom stereocenters. The number of nitrogens with zero attached hydrogens (tertiary/aromatic N) is 3. The van der Waals surface area contributed by atoms with Crippen LogP contribution in [0.3, 0.4) is 0 Å². The van der Waals surface area contributed by atoms with Crippen LogP contribution in [0.5, 0.6) is 0 Å². The van der Waals surface area contributed by atoms with E-state index < -0.39 is 0 Å². The smallest absolute Gasteiger partial charge is 0.341 e. The zero-order chi connectivity index (χ0) is 22.7. The number of thiophene rings is 1. The first-order chi connectivity index (χ1) is 15.5. The van der Waals surface area contributed by atoms with E-state index in [0.29, 0.717) is 22.3 Å². The minimum atomic E-state index is -0.356. The molecule has 168 valence electrons. The van der Waals surface area contributed by atoms with Gasteiger partial charge in [-0.15, -0.1) is 21.5 Å². The number of anilines is 1. The Bertz CT molecular complexity index is 1150. The fraction of sp³-hybridized carbons (Fsp3) is 0.391. The maximum atomic E-state index is 12.7. The molecule has 1 amide bonds. The number of aryl methyl sites for hydroxylation is 2. The van der Waals surface area contributed by atoms with Crippen LogP contribution >= 0.6 is 23.1 Å². The molecule has 1 aliphatic carbocycles. The SMILES string of the molecule is CCOC(=O)c1c(NC(=O)CSc2nnc(-c3cccc(C)c3)n2C)sc2c1CCCC2. The average molecular weight is 471 g/mol. The Morgan fingerprint density at radius 3 is 2.84 bits per heavy atom. The van der Waals surface area contributed by atoms with Gasteiger partial charge in [-0.1, -0.05) is 35.5 Å². The molecule has 0 aliphatic heterocycles. The number of carbonyl (C=O) groups excluding carboxylic acids is 2. The van der Waals surface area contributed by atoms with E-state index in [0.717, 1.165) is 48.2 Å². The van der Waals surface area contributed by atoms with E-state index in [-0.39, 0.29) is 17.6 Å². The van der Waals surface area contributed by atoms with Gasteiger partial charge >= 0.3 is 5.97 Å². The van der Waals surface area contributed by atoms with Crippen LogP contribution < -0.4 is 5.32 Å². The van der Waals surface area contributed by atoms with Crippen LogP contribution in [0.25, 0.3) is 11.4 Å². The number of ether oxygens (including phenoxy) is 1. The largest absolute Gasteiger partial charge is 0.462 e. The highest BCUT2D eigenvalue weighted by molar-refractivity contribution is 7.99. The summed E-state index contributed by atoms with van der Waals surface area (Å²) < 4.78 is 7.15. The molecule has 0 atom stereocenters. The Hall–Kier alpha value is -2.65. The Balaban J connectivity index is 1.46. The average Bonchev–Trinajstić information content (AvgIpc) is 3.32. The molecule has 1 N–H and O–H groups in total. The standard InChI is InChI=1S/C23H26N4O3S2/c1-4-30-22(29)19-16-10-5-6-11-17(16)32-21(19)24-18(28)13-31-23-26-25-20(27(23)3)15-9-7-8-14(2)12-15/h7-9,12H,4-6,10-11,13H2,1-3H3,(H,24,28). The molecule has 3 aromatic rings. The number of aromatic nitrogens is 3. The van der Waals surface area contributed by atoms with Crippen molar-refractivity contribution < 1.29 is 14.3 Å². The van der Waals surface area contributed by atoms with Gasteiger partial charge in [0.25, 0.3) is 0 Å². The fourth-order valence-corrected chi connectivity index (χ4v) is 5.85. The number of amides is 1. The van der Waals surface area contributed by atoms with Crippen LogP contribution in [-0.2, 0) is 29.4 Å². The third kappa shape index (κ3) is 4.73. The molecular weight excluding hydrogens is 444 g/mol. The van der Waals surface area contributed by atoms with E-state index in [2.05, 4.69) is 21.6 Å². The summed E-state index contributed by atoms with van der Waals surface area (Å²) in [5, 5.41) is 12.7. The lowest BCUT2D eigenvalue weighted by atomic mass is 9.95. The zero-order valence-electron chi connectivity index (χ0n) is 18.4. The molecule has 4 rings (SSSR count). The van der Waals surface area contributed by atoms with Crippen molar-refractivity contribution in [3.8, 4) is 11.4 Å². The summed E-state index contributed by atoms with van der Waals surface area (Å²) in [6, 6.07) is 8.07. The van der Waals surface area contributed by atoms with Gasteiger partial charge in [0.05, 0.1) is 17.9 Å². The maximum absolute atomic E-state index is 12.7. The van der Waals surface area contributed by atoms with Crippen molar-refractivity contribution in [3.05, 3.63) is 45.8 Å². The third-order valence-corrected chi connectivity index (χ3v) is 7.57. The third-order valence-electron chi connectivity index (χ3n) is 5.35. The zero-order valence-corrected chi connectivity index (χ0v) is 20.1. The number of thioether (sulfide) groups is 1. The van der Waals surface area contributed by atoms with Gasteiger partial charge in [-0.2, -0.15) is 0 Å². The van der Waals surface area contributed by atoms with Crippen molar-refractivity contribution in [1.29, 1.82) is 0 Å². The summed E-state index contributed by atoms with van der Waals surface area (Å²) in [6.45, 7) is 4.13. The van der Waals surface area contributed by atoms with Gasteiger partial charge in [0.2, 0.25) is 5.91 Å². The predicted octanol–water partition coefficient (Wildman–Crippen LogP) is 4.64. The molecule has 32 heavy (non-hydrogen) atoms. The second-order valence-electron chi connectivity index (χ2n) is 7.71. The molecule has 0 bridgehead atoms. The van der Waals surface area contributed by atoms with Gasteiger partial charge in [-0.3, -0.25) is 4.79 Å². The number of rotatable bonds is 7. The van der Waals surface area contributed by atoms with Crippen molar-refractivity contribution in [3.63, 3.8) is 0 Å². The summed E-state index contributed by atoms with van der Waals surface area (Å²) in [5.41, 5.74) is 3.71. The quantitative estimate of drug-likeness (QED) is 0.400. The summed E-state index contributed by atoms with van der Waals surface area (Å²) in [7, 11) is 1.89. The van der Waals surface area contributed by atoms with Crippen LogP contribution in [0.2, 0.25) is 0 Å². The lowest BCUT2D eigenvalue weighted by molar-refractivity contribution is -0.113. The Kier molecular flexibility index (Phi) is 6.95. The van der Waals surface area contributed by atoms with Gasteiger partial charge in [0, 0.05) is 17.5 Å². The highest BCUT2D eigenvalue weighted by atomic mass is 32.2. The lowest BCUT2D eigenvalue weighted by Crippen LogP contribution is -2.17. The monoisotopic (exact) mass is 470 g/mol. The van der Waals surface area contributed by atoms with Gasteiger partial charge in [0.15, 0.2) is 11.0 Å². The van der Waals surface area contributed by atoms with Crippen LogP contribution in [0.15, 0.2) is 29.4 Å². The normalized spacial score (nSPS) is 13.0. The van der Waals surface area contributed by atoms with Crippen LogP contribution in [-0.4, -0.2) is 39.0 Å². The van der Waals surface area contributed by atoms with Crippen molar-refractivity contribution in [2.75, 3.05) is 17.7 Å². The van der Waals surface area contributed by atoms with Gasteiger partial charge in [-0.05, 0) is 51.2 Å². The van der Waals surface area contributed by atoms with Crippen LogP contribution in [0.1, 0.15) is 46.1 Å². The summed E-state index contributed by atoms with van der Waals surface area (Å²) >= 11 is 2.82. The molecule has 0 saturated heterocycles. The maximum Gasteiger partial charge on any atom is 0.341 e. The fourth-order valence-electron chi connectivity index (χ4n) is 3.84. The van der Waals surface area contributed by atoms with Gasteiger partial charge in [0.1, 0.15) is 5.00 Å². The van der Waals surface area contributed by atoms with E-state index in [1.54, 1.807) is 6.92 Å².